The molecule has 2 fully saturated rings. The summed E-state index contributed by atoms with van der Waals surface area (Å²) >= 11 is 0. The quantitative estimate of drug-likeness (QED) is 0.939. The van der Waals surface area contributed by atoms with Crippen LogP contribution in [0.25, 0.3) is 0 Å². The van der Waals surface area contributed by atoms with Gasteiger partial charge in [0, 0.05) is 18.4 Å². The van der Waals surface area contributed by atoms with Gasteiger partial charge in [-0.3, -0.25) is 4.79 Å². The number of carbonyl (C=O) groups is 1. The molecule has 1 saturated carbocycles. The van der Waals surface area contributed by atoms with Crippen LogP contribution in [0.5, 0.6) is 5.75 Å². The van der Waals surface area contributed by atoms with E-state index in [1.165, 1.54) is 0 Å². The molecule has 2 aliphatic rings. The van der Waals surface area contributed by atoms with Crippen LogP contribution in [-0.4, -0.2) is 34.4 Å². The molecule has 5 heteroatoms. The summed E-state index contributed by atoms with van der Waals surface area (Å²) in [6, 6.07) is 8.04. The van der Waals surface area contributed by atoms with E-state index < -0.39 is 0 Å². The second kappa shape index (κ2) is 5.65. The zero-order valence-corrected chi connectivity index (χ0v) is 14.2. The maximum atomic E-state index is 13.3. The van der Waals surface area contributed by atoms with Gasteiger partial charge in [-0.1, -0.05) is 12.1 Å². The van der Waals surface area contributed by atoms with Crippen LogP contribution in [0.3, 0.4) is 0 Å². The van der Waals surface area contributed by atoms with Crippen LogP contribution >= 0.6 is 0 Å². The molecule has 1 aliphatic carbocycles. The van der Waals surface area contributed by atoms with Gasteiger partial charge in [-0.15, -0.1) is 0 Å². The van der Waals surface area contributed by atoms with Gasteiger partial charge in [0.25, 0.3) is 0 Å². The normalized spacial score (nSPS) is 21.8. The number of hydrogen-bond acceptors (Lipinski definition) is 3. The number of aryl methyl sites for hydroxylation is 1. The predicted octanol–water partition coefficient (Wildman–Crippen LogP) is 3.12. The molecule has 0 unspecified atom stereocenters. The Hall–Kier alpha value is -2.30. The lowest BCUT2D eigenvalue weighted by atomic mass is 9.94. The number of hydrogen-bond donors (Lipinski definition) is 1. The van der Waals surface area contributed by atoms with Gasteiger partial charge >= 0.3 is 0 Å². The van der Waals surface area contributed by atoms with Crippen LogP contribution in [0.15, 0.2) is 30.5 Å². The number of imidazole rings is 1. The van der Waals surface area contributed by atoms with Gasteiger partial charge in [0.05, 0.1) is 18.6 Å². The van der Waals surface area contributed by atoms with E-state index in [1.54, 1.807) is 7.11 Å². The van der Waals surface area contributed by atoms with Crippen molar-refractivity contribution < 1.29 is 9.53 Å². The summed E-state index contributed by atoms with van der Waals surface area (Å²) in [4.78, 5) is 23.1. The van der Waals surface area contributed by atoms with Gasteiger partial charge in [-0.25, -0.2) is 4.98 Å². The van der Waals surface area contributed by atoms with Gasteiger partial charge in [-0.2, -0.15) is 0 Å². The molecule has 0 radical (unpaired) electrons. The highest BCUT2D eigenvalue weighted by Gasteiger charge is 2.54. The molecule has 5 nitrogen and oxygen atoms in total. The minimum atomic E-state index is -0.337. The lowest BCUT2D eigenvalue weighted by molar-refractivity contribution is -0.135. The highest BCUT2D eigenvalue weighted by atomic mass is 16.5. The Morgan fingerprint density at radius 3 is 2.67 bits per heavy atom. The van der Waals surface area contributed by atoms with E-state index in [2.05, 4.69) is 9.97 Å². The molecule has 1 N–H and O–H groups in total. The van der Waals surface area contributed by atoms with E-state index >= 15 is 0 Å². The van der Waals surface area contributed by atoms with Gasteiger partial charge in [-0.05, 0) is 50.3 Å². The van der Waals surface area contributed by atoms with Crippen LogP contribution in [0.2, 0.25) is 0 Å². The van der Waals surface area contributed by atoms with E-state index in [0.29, 0.717) is 0 Å². The first kappa shape index (κ1) is 15.2. The van der Waals surface area contributed by atoms with Crippen molar-refractivity contribution in [2.75, 3.05) is 13.7 Å². The first-order valence-corrected chi connectivity index (χ1v) is 8.61. The summed E-state index contributed by atoms with van der Waals surface area (Å²) in [6.07, 6.45) is 5.72. The molecule has 0 spiro atoms. The Kier molecular flexibility index (Phi) is 3.59. The standard InChI is InChI=1S/C19H23N3O2/c1-13-12-20-17(21-13)16-4-3-11-22(16)18(23)19(9-10-19)14-5-7-15(24-2)8-6-14/h5-8,12,16H,3-4,9-11H2,1-2H3,(H,20,21)/t16-/m1/s1. The molecule has 1 aromatic carbocycles. The van der Waals surface area contributed by atoms with E-state index in [9.17, 15) is 4.79 Å². The second-order valence-corrected chi connectivity index (χ2v) is 6.92. The zero-order valence-electron chi connectivity index (χ0n) is 14.2. The molecule has 126 valence electrons. The molecular formula is C19H23N3O2. The minimum absolute atomic E-state index is 0.0851. The lowest BCUT2D eigenvalue weighted by Gasteiger charge is -2.28. The highest BCUT2D eigenvalue weighted by Crippen LogP contribution is 2.51. The Labute approximate surface area is 142 Å². The number of amides is 1. The fraction of sp³-hybridized carbons (Fsp3) is 0.474. The lowest BCUT2D eigenvalue weighted by Crippen LogP contribution is -2.39. The van der Waals surface area contributed by atoms with Crippen molar-refractivity contribution in [2.24, 2.45) is 0 Å². The first-order valence-electron chi connectivity index (χ1n) is 8.61. The molecule has 24 heavy (non-hydrogen) atoms. The molecule has 4 rings (SSSR count). The molecule has 1 aromatic heterocycles. The summed E-state index contributed by atoms with van der Waals surface area (Å²) in [6.45, 7) is 2.82. The number of ether oxygens (including phenoxy) is 1. The average Bonchev–Trinajstić information content (AvgIpc) is 3.07. The Morgan fingerprint density at radius 2 is 2.08 bits per heavy atom. The molecule has 0 bridgehead atoms. The molecular weight excluding hydrogens is 302 g/mol. The fourth-order valence-corrected chi connectivity index (χ4v) is 3.83. The number of aromatic amines is 1. The predicted molar refractivity (Wildman–Crippen MR) is 90.9 cm³/mol. The van der Waals surface area contributed by atoms with Crippen LogP contribution in [-0.2, 0) is 10.2 Å². The minimum Gasteiger partial charge on any atom is -0.497 e. The number of H-pyrrole nitrogens is 1. The third-order valence-corrected chi connectivity index (χ3v) is 5.35. The Balaban J connectivity index is 1.60. The van der Waals surface area contributed by atoms with Crippen molar-refractivity contribution >= 4 is 5.91 Å². The summed E-state index contributed by atoms with van der Waals surface area (Å²) in [7, 11) is 1.66. The summed E-state index contributed by atoms with van der Waals surface area (Å²) < 4.78 is 5.23. The van der Waals surface area contributed by atoms with E-state index in [4.69, 9.17) is 4.74 Å². The largest absolute Gasteiger partial charge is 0.497 e. The van der Waals surface area contributed by atoms with Crippen molar-refractivity contribution in [2.45, 2.75) is 44.1 Å². The van der Waals surface area contributed by atoms with Crippen molar-refractivity contribution in [3.63, 3.8) is 0 Å². The third kappa shape index (κ3) is 2.39. The first-order chi connectivity index (χ1) is 11.6. The molecule has 2 heterocycles. The van der Waals surface area contributed by atoms with Crippen molar-refractivity contribution in [3.05, 3.63) is 47.5 Å². The summed E-state index contributed by atoms with van der Waals surface area (Å²) in [5, 5.41) is 0. The molecule has 1 amide bonds. The van der Waals surface area contributed by atoms with E-state index in [-0.39, 0.29) is 17.4 Å². The molecule has 2 aromatic rings. The SMILES string of the molecule is COc1ccc(C2(C(=O)N3CCC[C@@H]3c3ncc(C)[nH]3)CC2)cc1. The monoisotopic (exact) mass is 325 g/mol. The smallest absolute Gasteiger partial charge is 0.233 e. The van der Waals surface area contributed by atoms with Crippen molar-refractivity contribution in [3.8, 4) is 5.75 Å². The van der Waals surface area contributed by atoms with Crippen molar-refractivity contribution in [1.82, 2.24) is 14.9 Å². The van der Waals surface area contributed by atoms with Gasteiger partial charge in [0.2, 0.25) is 5.91 Å². The topological polar surface area (TPSA) is 58.2 Å². The molecule has 1 saturated heterocycles. The number of benzene rings is 1. The fourth-order valence-electron chi connectivity index (χ4n) is 3.83. The van der Waals surface area contributed by atoms with Crippen LogP contribution < -0.4 is 4.74 Å². The second-order valence-electron chi connectivity index (χ2n) is 6.92. The maximum Gasteiger partial charge on any atom is 0.233 e. The number of nitrogens with zero attached hydrogens (tertiary/aromatic N) is 2. The van der Waals surface area contributed by atoms with Gasteiger partial charge < -0.3 is 14.6 Å². The molecule has 1 aliphatic heterocycles. The van der Waals surface area contributed by atoms with Gasteiger partial charge in [0.15, 0.2) is 0 Å². The number of methoxy groups -OCH3 is 1. The van der Waals surface area contributed by atoms with Crippen LogP contribution in [0.4, 0.5) is 0 Å². The van der Waals surface area contributed by atoms with Crippen molar-refractivity contribution in [1.29, 1.82) is 0 Å². The summed E-state index contributed by atoms with van der Waals surface area (Å²) in [5.41, 5.74) is 1.81. The Morgan fingerprint density at radius 1 is 1.33 bits per heavy atom. The maximum absolute atomic E-state index is 13.3. The summed E-state index contributed by atoms with van der Waals surface area (Å²) in [5.74, 6) is 2.00. The number of rotatable bonds is 4. The van der Waals surface area contributed by atoms with Gasteiger partial charge in [0.1, 0.15) is 11.6 Å². The number of likely N-dealkylation sites (tertiary alicyclic amines) is 1. The van der Waals surface area contributed by atoms with Crippen LogP contribution in [0.1, 0.15) is 48.8 Å². The van der Waals surface area contributed by atoms with E-state index in [1.807, 2.05) is 42.3 Å². The number of nitrogens with one attached hydrogen (secondary N) is 1. The van der Waals surface area contributed by atoms with Crippen LogP contribution in [0, 0.1) is 6.92 Å². The third-order valence-electron chi connectivity index (χ3n) is 5.35. The number of carbonyl (C=O) groups excluding carboxylic acids is 1. The Bertz CT molecular complexity index is 746. The highest BCUT2D eigenvalue weighted by molar-refractivity contribution is 5.91. The zero-order chi connectivity index (χ0) is 16.7. The average molecular weight is 325 g/mol. The molecule has 1 atom stereocenters. The number of aromatic nitrogens is 2. The van der Waals surface area contributed by atoms with E-state index in [0.717, 1.165) is 55.1 Å².